The maximum Gasteiger partial charge on any atom is 0.418 e. The minimum Gasteiger partial charge on any atom is -0.379 e. The Morgan fingerprint density at radius 3 is 2.67 bits per heavy atom. The molecule has 1 unspecified atom stereocenters. The van der Waals surface area contributed by atoms with Crippen LogP contribution in [-0.2, 0) is 31.1 Å². The number of halogens is 3. The van der Waals surface area contributed by atoms with Crippen LogP contribution in [0.5, 0.6) is 0 Å². The lowest BCUT2D eigenvalue weighted by Gasteiger charge is -2.46. The van der Waals surface area contributed by atoms with E-state index in [-0.39, 0.29) is 23.8 Å². The van der Waals surface area contributed by atoms with Gasteiger partial charge in [-0.1, -0.05) is 19.1 Å². The average molecular weight is 543 g/mol. The molecule has 3 heterocycles. The van der Waals surface area contributed by atoms with Gasteiger partial charge in [-0.3, -0.25) is 9.88 Å². The number of alkyl halides is 3. The van der Waals surface area contributed by atoms with E-state index in [1.165, 1.54) is 12.5 Å². The van der Waals surface area contributed by atoms with Gasteiger partial charge in [0.05, 0.1) is 29.3 Å². The number of anilines is 1. The highest BCUT2D eigenvalue weighted by Gasteiger charge is 2.48. The molecule has 0 radical (unpaired) electrons. The summed E-state index contributed by atoms with van der Waals surface area (Å²) in [7, 11) is 3.64. The fourth-order valence-electron chi connectivity index (χ4n) is 6.09. The maximum atomic E-state index is 14.1. The standard InChI is InChI=1S/C29H37F3N6O/c1-20-7-5-12-38(17-20)18-21-13-24(29(30,31)32)25(34-15-21)16-33-23-9-4-8-22(14-23)26(27-36-35-19-37(27)2)28(39-3)10-6-11-28/h4,8-9,13-15,19-20,26,33H,5-7,10-12,16-18H2,1-3H3/t20-,26?/m0/s1. The molecule has 2 atom stereocenters. The van der Waals surface area contributed by atoms with Gasteiger partial charge < -0.3 is 14.6 Å². The predicted octanol–water partition coefficient (Wildman–Crippen LogP) is 5.77. The molecule has 2 aromatic heterocycles. The van der Waals surface area contributed by atoms with Crippen LogP contribution in [-0.4, -0.2) is 50.4 Å². The zero-order chi connectivity index (χ0) is 27.6. The van der Waals surface area contributed by atoms with Crippen molar-refractivity contribution in [2.45, 2.75) is 69.8 Å². The summed E-state index contributed by atoms with van der Waals surface area (Å²) in [6, 6.07) is 9.01. The first-order chi connectivity index (χ1) is 18.7. The van der Waals surface area contributed by atoms with E-state index in [0.29, 0.717) is 23.7 Å². The highest BCUT2D eigenvalue weighted by Crippen LogP contribution is 2.49. The Morgan fingerprint density at radius 1 is 1.21 bits per heavy atom. The van der Waals surface area contributed by atoms with Crippen LogP contribution < -0.4 is 5.32 Å². The molecule has 210 valence electrons. The SMILES string of the molecule is COC1(C(c2cccc(NCc3ncc(CN4CCC[C@H](C)C4)cc3C(F)(F)F)c2)c2nncn2C)CCC1. The van der Waals surface area contributed by atoms with Crippen LogP contribution in [0.2, 0.25) is 0 Å². The van der Waals surface area contributed by atoms with Crippen molar-refractivity contribution in [3.63, 3.8) is 0 Å². The van der Waals surface area contributed by atoms with Gasteiger partial charge in [-0.15, -0.1) is 10.2 Å². The van der Waals surface area contributed by atoms with Crippen molar-refractivity contribution in [3.05, 3.63) is 71.1 Å². The fourth-order valence-corrected chi connectivity index (χ4v) is 6.09. The van der Waals surface area contributed by atoms with Crippen LogP contribution in [0.15, 0.2) is 42.9 Å². The van der Waals surface area contributed by atoms with Gasteiger partial charge in [-0.2, -0.15) is 13.2 Å². The summed E-state index contributed by atoms with van der Waals surface area (Å²) in [4.78, 5) is 6.50. The topological polar surface area (TPSA) is 68.1 Å². The van der Waals surface area contributed by atoms with Crippen LogP contribution in [0.1, 0.15) is 73.2 Å². The van der Waals surface area contributed by atoms with Crippen molar-refractivity contribution in [2.24, 2.45) is 13.0 Å². The molecule has 3 aromatic rings. The molecule has 5 rings (SSSR count). The van der Waals surface area contributed by atoms with Crippen molar-refractivity contribution < 1.29 is 17.9 Å². The Labute approximate surface area is 227 Å². The van der Waals surface area contributed by atoms with E-state index in [9.17, 15) is 13.2 Å². The molecule has 0 bridgehead atoms. The zero-order valence-corrected chi connectivity index (χ0v) is 22.8. The number of piperidine rings is 1. The Bertz CT molecular complexity index is 1270. The molecule has 2 fully saturated rings. The Kier molecular flexibility index (Phi) is 7.96. The number of aryl methyl sites for hydroxylation is 1. The summed E-state index contributed by atoms with van der Waals surface area (Å²) in [6.45, 7) is 4.45. The fraction of sp³-hybridized carbons (Fsp3) is 0.552. The third kappa shape index (κ3) is 5.96. The summed E-state index contributed by atoms with van der Waals surface area (Å²) in [5.41, 5.74) is 1.21. The molecule has 1 saturated heterocycles. The summed E-state index contributed by atoms with van der Waals surface area (Å²) in [5.74, 6) is 1.21. The van der Waals surface area contributed by atoms with Crippen molar-refractivity contribution in [1.82, 2.24) is 24.6 Å². The van der Waals surface area contributed by atoms with E-state index in [4.69, 9.17) is 4.74 Å². The lowest BCUT2D eigenvalue weighted by Crippen LogP contribution is -2.46. The van der Waals surface area contributed by atoms with Gasteiger partial charge in [0.2, 0.25) is 0 Å². The minimum atomic E-state index is -4.48. The number of ether oxygens (including phenoxy) is 1. The lowest BCUT2D eigenvalue weighted by atomic mass is 9.68. The maximum absolute atomic E-state index is 14.1. The average Bonchev–Trinajstić information content (AvgIpc) is 3.30. The van der Waals surface area contributed by atoms with Gasteiger partial charge in [0.1, 0.15) is 12.2 Å². The number of hydrogen-bond acceptors (Lipinski definition) is 6. The molecular formula is C29H37F3N6O. The van der Waals surface area contributed by atoms with Crippen molar-refractivity contribution in [3.8, 4) is 0 Å². The summed E-state index contributed by atoms with van der Waals surface area (Å²) < 4.78 is 50.1. The van der Waals surface area contributed by atoms with Gasteiger partial charge >= 0.3 is 6.18 Å². The van der Waals surface area contributed by atoms with E-state index in [1.807, 2.05) is 35.9 Å². The Hall–Kier alpha value is -2.98. The smallest absolute Gasteiger partial charge is 0.379 e. The predicted molar refractivity (Wildman–Crippen MR) is 143 cm³/mol. The summed E-state index contributed by atoms with van der Waals surface area (Å²) in [5, 5.41) is 11.6. The van der Waals surface area contributed by atoms with E-state index < -0.39 is 11.7 Å². The Balaban J connectivity index is 1.36. The van der Waals surface area contributed by atoms with Crippen LogP contribution >= 0.6 is 0 Å². The zero-order valence-electron chi connectivity index (χ0n) is 22.8. The molecule has 0 amide bonds. The number of aromatic nitrogens is 4. The van der Waals surface area contributed by atoms with E-state index in [1.54, 1.807) is 19.6 Å². The number of methoxy groups -OCH3 is 1. The third-order valence-electron chi connectivity index (χ3n) is 8.30. The monoisotopic (exact) mass is 542 g/mol. The normalized spacial score (nSPS) is 20.4. The first-order valence-corrected chi connectivity index (χ1v) is 13.7. The number of pyridine rings is 1. The molecule has 10 heteroatoms. The van der Waals surface area contributed by atoms with Crippen molar-refractivity contribution >= 4 is 5.69 Å². The van der Waals surface area contributed by atoms with Crippen LogP contribution in [0, 0.1) is 5.92 Å². The molecule has 39 heavy (non-hydrogen) atoms. The lowest BCUT2D eigenvalue weighted by molar-refractivity contribution is -0.138. The second kappa shape index (κ2) is 11.3. The number of nitrogens with one attached hydrogen (secondary N) is 1. The largest absolute Gasteiger partial charge is 0.418 e. The molecule has 1 aliphatic heterocycles. The van der Waals surface area contributed by atoms with Crippen molar-refractivity contribution in [1.29, 1.82) is 0 Å². The second-order valence-corrected chi connectivity index (χ2v) is 11.2. The molecular weight excluding hydrogens is 505 g/mol. The van der Waals surface area contributed by atoms with Gasteiger partial charge in [0.25, 0.3) is 0 Å². The summed E-state index contributed by atoms with van der Waals surface area (Å²) >= 11 is 0. The van der Waals surface area contributed by atoms with Gasteiger partial charge in [0, 0.05) is 39.1 Å². The molecule has 7 nitrogen and oxygen atoms in total. The summed E-state index contributed by atoms with van der Waals surface area (Å²) in [6.07, 6.45) is 3.89. The van der Waals surface area contributed by atoms with E-state index >= 15 is 0 Å². The highest BCUT2D eigenvalue weighted by molar-refractivity contribution is 5.49. The molecule has 0 spiro atoms. The number of nitrogens with zero attached hydrogens (tertiary/aromatic N) is 5. The first-order valence-electron chi connectivity index (χ1n) is 13.7. The molecule has 1 aliphatic carbocycles. The minimum absolute atomic E-state index is 0.0131. The first kappa shape index (κ1) is 27.6. The van der Waals surface area contributed by atoms with E-state index in [0.717, 1.165) is 50.2 Å². The van der Waals surface area contributed by atoms with Crippen LogP contribution in [0.25, 0.3) is 0 Å². The van der Waals surface area contributed by atoms with Gasteiger partial charge in [-0.25, -0.2) is 0 Å². The number of benzene rings is 1. The van der Waals surface area contributed by atoms with E-state index in [2.05, 4.69) is 32.3 Å². The number of rotatable bonds is 9. The quantitative estimate of drug-likeness (QED) is 0.370. The van der Waals surface area contributed by atoms with Crippen LogP contribution in [0.3, 0.4) is 0 Å². The number of hydrogen-bond donors (Lipinski definition) is 1. The molecule has 1 aromatic carbocycles. The molecule has 1 N–H and O–H groups in total. The van der Waals surface area contributed by atoms with Gasteiger partial charge in [0.15, 0.2) is 0 Å². The van der Waals surface area contributed by atoms with Crippen LogP contribution in [0.4, 0.5) is 18.9 Å². The third-order valence-corrected chi connectivity index (χ3v) is 8.30. The molecule has 1 saturated carbocycles. The second-order valence-electron chi connectivity index (χ2n) is 11.2. The number of likely N-dealkylation sites (tertiary alicyclic amines) is 1. The molecule has 2 aliphatic rings. The Morgan fingerprint density at radius 2 is 2.03 bits per heavy atom. The highest BCUT2D eigenvalue weighted by atomic mass is 19.4. The van der Waals surface area contributed by atoms with Gasteiger partial charge in [-0.05, 0) is 73.9 Å². The van der Waals surface area contributed by atoms with Crippen molar-refractivity contribution in [2.75, 3.05) is 25.5 Å².